The summed E-state index contributed by atoms with van der Waals surface area (Å²) in [5.74, 6) is -1.19. The van der Waals surface area contributed by atoms with Crippen LogP contribution in [0.4, 0.5) is 0 Å². The third kappa shape index (κ3) is 3.41. The molecule has 2 aromatic carbocycles. The zero-order valence-corrected chi connectivity index (χ0v) is 12.3. The molecule has 0 heterocycles. The molecule has 0 aliphatic carbocycles. The van der Waals surface area contributed by atoms with Crippen LogP contribution in [-0.4, -0.2) is 17.0 Å². The van der Waals surface area contributed by atoms with E-state index in [4.69, 9.17) is 21.4 Å². The Morgan fingerprint density at radius 3 is 2.19 bits per heavy atom. The quantitative estimate of drug-likeness (QED) is 0.690. The Bertz CT molecular complexity index is 699. The van der Waals surface area contributed by atoms with Crippen molar-refractivity contribution in [1.82, 2.24) is 0 Å². The van der Waals surface area contributed by atoms with Crippen molar-refractivity contribution in [2.24, 2.45) is 0 Å². The predicted octanol–water partition coefficient (Wildman–Crippen LogP) is 3.87. The monoisotopic (exact) mass is 304 g/mol. The van der Waals surface area contributed by atoms with Crippen molar-refractivity contribution < 1.29 is 19.4 Å². The number of carbonyl (C=O) groups excluding carboxylic acids is 1. The summed E-state index contributed by atoms with van der Waals surface area (Å²) in [5, 5.41) is 9.44. The lowest BCUT2D eigenvalue weighted by Crippen LogP contribution is -2.11. The number of carboxylic acid groups (broad SMARTS) is 1. The van der Waals surface area contributed by atoms with Crippen LogP contribution in [0.1, 0.15) is 31.8 Å². The Labute approximate surface area is 126 Å². The van der Waals surface area contributed by atoms with Gasteiger partial charge in [-0.2, -0.15) is 0 Å². The third-order valence-electron chi connectivity index (χ3n) is 2.96. The number of carbonyl (C=O) groups is 2. The molecule has 0 bridgehead atoms. The van der Waals surface area contributed by atoms with Gasteiger partial charge in [-0.3, -0.25) is 0 Å². The van der Waals surface area contributed by atoms with Crippen LogP contribution in [0.3, 0.4) is 0 Å². The Balaban J connectivity index is 2.32. The highest BCUT2D eigenvalue weighted by atomic mass is 35.5. The molecular formula is C16H13ClO4. The molecule has 0 unspecified atom stereocenters. The van der Waals surface area contributed by atoms with Gasteiger partial charge in [0.15, 0.2) is 0 Å². The van der Waals surface area contributed by atoms with Gasteiger partial charge in [0.1, 0.15) is 5.75 Å². The van der Waals surface area contributed by atoms with E-state index in [0.29, 0.717) is 27.5 Å². The first-order valence-electron chi connectivity index (χ1n) is 6.21. The minimum Gasteiger partial charge on any atom is -0.478 e. The van der Waals surface area contributed by atoms with Crippen LogP contribution in [0.2, 0.25) is 5.02 Å². The van der Waals surface area contributed by atoms with Crippen molar-refractivity contribution in [3.8, 4) is 5.75 Å². The van der Waals surface area contributed by atoms with Crippen molar-refractivity contribution in [2.75, 3.05) is 0 Å². The Hall–Kier alpha value is -2.33. The summed E-state index contributed by atoms with van der Waals surface area (Å²) in [7, 11) is 0. The molecule has 0 aliphatic rings. The summed E-state index contributed by atoms with van der Waals surface area (Å²) in [5.41, 5.74) is 1.67. The average molecular weight is 305 g/mol. The molecular weight excluding hydrogens is 292 g/mol. The standard InChI is InChI=1S/C16H13ClO4/c1-9-6-12(15(18)19)7-10(2)14(9)21-16(20)11-4-3-5-13(17)8-11/h3-8H,1-2H3,(H,18,19). The lowest BCUT2D eigenvalue weighted by Gasteiger charge is -2.11. The van der Waals surface area contributed by atoms with Gasteiger partial charge in [0.2, 0.25) is 0 Å². The van der Waals surface area contributed by atoms with Gasteiger partial charge in [-0.15, -0.1) is 0 Å². The minimum atomic E-state index is -1.02. The van der Waals surface area contributed by atoms with E-state index >= 15 is 0 Å². The van der Waals surface area contributed by atoms with Gasteiger partial charge >= 0.3 is 11.9 Å². The van der Waals surface area contributed by atoms with E-state index in [-0.39, 0.29) is 5.56 Å². The summed E-state index contributed by atoms with van der Waals surface area (Å²) >= 11 is 5.84. The van der Waals surface area contributed by atoms with E-state index in [0.717, 1.165) is 0 Å². The van der Waals surface area contributed by atoms with Gasteiger partial charge in [-0.05, 0) is 55.3 Å². The number of hydrogen-bond acceptors (Lipinski definition) is 3. The van der Waals surface area contributed by atoms with E-state index in [2.05, 4.69) is 0 Å². The maximum atomic E-state index is 12.1. The van der Waals surface area contributed by atoms with E-state index in [9.17, 15) is 9.59 Å². The number of halogens is 1. The van der Waals surface area contributed by atoms with Crippen molar-refractivity contribution >= 4 is 23.5 Å². The second-order valence-electron chi connectivity index (χ2n) is 4.64. The maximum absolute atomic E-state index is 12.1. The number of aryl methyl sites for hydroxylation is 2. The molecule has 5 heteroatoms. The molecule has 108 valence electrons. The third-order valence-corrected chi connectivity index (χ3v) is 3.20. The molecule has 4 nitrogen and oxygen atoms in total. The van der Waals surface area contributed by atoms with E-state index in [1.165, 1.54) is 18.2 Å². The minimum absolute atomic E-state index is 0.160. The van der Waals surface area contributed by atoms with Crippen LogP contribution < -0.4 is 4.74 Å². The first kappa shape index (κ1) is 15.1. The fraction of sp³-hybridized carbons (Fsp3) is 0.125. The number of benzene rings is 2. The lowest BCUT2D eigenvalue weighted by atomic mass is 10.1. The smallest absolute Gasteiger partial charge is 0.343 e. The van der Waals surface area contributed by atoms with Gasteiger partial charge in [0, 0.05) is 5.02 Å². The van der Waals surface area contributed by atoms with Gasteiger partial charge in [-0.1, -0.05) is 17.7 Å². The average Bonchev–Trinajstić information content (AvgIpc) is 2.42. The molecule has 0 saturated heterocycles. The fourth-order valence-corrected chi connectivity index (χ4v) is 2.19. The second-order valence-corrected chi connectivity index (χ2v) is 5.08. The molecule has 0 aliphatic heterocycles. The normalized spacial score (nSPS) is 10.2. The number of aromatic carboxylic acids is 1. The highest BCUT2D eigenvalue weighted by Gasteiger charge is 2.15. The molecule has 21 heavy (non-hydrogen) atoms. The molecule has 0 aromatic heterocycles. The Kier molecular flexibility index (Phi) is 4.29. The van der Waals surface area contributed by atoms with Crippen molar-refractivity contribution in [3.05, 3.63) is 63.7 Å². The molecule has 0 spiro atoms. The highest BCUT2D eigenvalue weighted by molar-refractivity contribution is 6.30. The van der Waals surface area contributed by atoms with Crippen LogP contribution >= 0.6 is 11.6 Å². The number of esters is 1. The topological polar surface area (TPSA) is 63.6 Å². The molecule has 2 aromatic rings. The van der Waals surface area contributed by atoms with Crippen LogP contribution in [0.25, 0.3) is 0 Å². The number of carboxylic acids is 1. The first-order chi connectivity index (χ1) is 9.88. The fourth-order valence-electron chi connectivity index (χ4n) is 2.00. The van der Waals surface area contributed by atoms with Crippen LogP contribution in [0.15, 0.2) is 36.4 Å². The largest absolute Gasteiger partial charge is 0.478 e. The maximum Gasteiger partial charge on any atom is 0.343 e. The molecule has 0 saturated carbocycles. The molecule has 0 fully saturated rings. The van der Waals surface area contributed by atoms with E-state index < -0.39 is 11.9 Å². The molecule has 0 atom stereocenters. The summed E-state index contributed by atoms with van der Waals surface area (Å²) in [6, 6.07) is 9.37. The number of ether oxygens (including phenoxy) is 1. The first-order valence-corrected chi connectivity index (χ1v) is 6.58. The van der Waals surface area contributed by atoms with Gasteiger partial charge in [0.25, 0.3) is 0 Å². The zero-order valence-electron chi connectivity index (χ0n) is 11.5. The number of hydrogen-bond donors (Lipinski definition) is 1. The van der Waals surface area contributed by atoms with Gasteiger partial charge < -0.3 is 9.84 Å². The molecule has 0 amide bonds. The van der Waals surface area contributed by atoms with Gasteiger partial charge in [-0.25, -0.2) is 9.59 Å². The zero-order chi connectivity index (χ0) is 15.6. The van der Waals surface area contributed by atoms with Crippen molar-refractivity contribution in [1.29, 1.82) is 0 Å². The molecule has 1 N–H and O–H groups in total. The second kappa shape index (κ2) is 5.97. The highest BCUT2D eigenvalue weighted by Crippen LogP contribution is 2.26. The lowest BCUT2D eigenvalue weighted by molar-refractivity contribution is 0.0696. The van der Waals surface area contributed by atoms with E-state index in [1.807, 2.05) is 0 Å². The van der Waals surface area contributed by atoms with Crippen LogP contribution in [0, 0.1) is 13.8 Å². The Morgan fingerprint density at radius 1 is 1.05 bits per heavy atom. The molecule has 2 rings (SSSR count). The van der Waals surface area contributed by atoms with Crippen molar-refractivity contribution in [2.45, 2.75) is 13.8 Å². The summed E-state index contributed by atoms with van der Waals surface area (Å²) < 4.78 is 5.36. The summed E-state index contributed by atoms with van der Waals surface area (Å²) in [6.07, 6.45) is 0. The van der Waals surface area contributed by atoms with Crippen molar-refractivity contribution in [3.63, 3.8) is 0 Å². The summed E-state index contributed by atoms with van der Waals surface area (Å²) in [4.78, 5) is 23.1. The predicted molar refractivity (Wildman–Crippen MR) is 79.3 cm³/mol. The van der Waals surface area contributed by atoms with Crippen LogP contribution in [-0.2, 0) is 0 Å². The van der Waals surface area contributed by atoms with Crippen LogP contribution in [0.5, 0.6) is 5.75 Å². The summed E-state index contributed by atoms with van der Waals surface area (Å²) in [6.45, 7) is 3.39. The number of rotatable bonds is 3. The molecule has 0 radical (unpaired) electrons. The van der Waals surface area contributed by atoms with E-state index in [1.54, 1.807) is 32.0 Å². The Morgan fingerprint density at radius 2 is 1.67 bits per heavy atom. The SMILES string of the molecule is Cc1cc(C(=O)O)cc(C)c1OC(=O)c1cccc(Cl)c1. The van der Waals surface area contributed by atoms with Gasteiger partial charge in [0.05, 0.1) is 11.1 Å².